The standard InChI is InChI=1S/C14H26N2O2.ClH/c1-2-3-9-18-10-8-16-13(17)12-11-14(12)4-6-15-7-5-14;/h12,15H,2-11H2,1H3,(H,16,17);1H. The molecule has 2 rings (SSSR count). The van der Waals surface area contributed by atoms with E-state index in [4.69, 9.17) is 4.74 Å². The van der Waals surface area contributed by atoms with Crippen molar-refractivity contribution in [3.05, 3.63) is 0 Å². The van der Waals surface area contributed by atoms with E-state index in [9.17, 15) is 4.79 Å². The van der Waals surface area contributed by atoms with Crippen LogP contribution in [0.1, 0.15) is 39.0 Å². The quantitative estimate of drug-likeness (QED) is 0.702. The highest BCUT2D eigenvalue weighted by molar-refractivity contribution is 5.85. The molecule has 0 radical (unpaired) electrons. The molecule has 2 fully saturated rings. The van der Waals surface area contributed by atoms with Gasteiger partial charge in [0.1, 0.15) is 0 Å². The van der Waals surface area contributed by atoms with Crippen LogP contribution in [0.3, 0.4) is 0 Å². The van der Waals surface area contributed by atoms with Gasteiger partial charge in [0.2, 0.25) is 5.91 Å². The van der Waals surface area contributed by atoms with Gasteiger partial charge in [-0.15, -0.1) is 12.4 Å². The Morgan fingerprint density at radius 2 is 2.11 bits per heavy atom. The number of rotatable bonds is 7. The summed E-state index contributed by atoms with van der Waals surface area (Å²) in [6, 6.07) is 0. The van der Waals surface area contributed by atoms with Gasteiger partial charge in [0.25, 0.3) is 0 Å². The Kier molecular flexibility index (Phi) is 7.11. The lowest BCUT2D eigenvalue weighted by Crippen LogP contribution is -2.34. The lowest BCUT2D eigenvalue weighted by atomic mass is 9.92. The summed E-state index contributed by atoms with van der Waals surface area (Å²) in [5.74, 6) is 0.520. The highest BCUT2D eigenvalue weighted by Gasteiger charge is 2.57. The number of carbonyl (C=O) groups excluding carboxylic acids is 1. The molecule has 1 saturated carbocycles. The lowest BCUT2D eigenvalue weighted by Gasteiger charge is -2.23. The van der Waals surface area contributed by atoms with E-state index in [-0.39, 0.29) is 24.2 Å². The second-order valence-corrected chi connectivity index (χ2v) is 5.63. The molecule has 0 aromatic rings. The molecular formula is C14H27ClN2O2. The molecule has 2 N–H and O–H groups in total. The third-order valence-corrected chi connectivity index (χ3v) is 4.29. The predicted octanol–water partition coefficient (Wildman–Crippen LogP) is 1.73. The maximum Gasteiger partial charge on any atom is 0.223 e. The Morgan fingerprint density at radius 1 is 1.37 bits per heavy atom. The van der Waals surface area contributed by atoms with Crippen LogP contribution in [0.2, 0.25) is 0 Å². The second-order valence-electron chi connectivity index (χ2n) is 5.63. The molecule has 1 unspecified atom stereocenters. The van der Waals surface area contributed by atoms with Crippen molar-refractivity contribution in [2.24, 2.45) is 11.3 Å². The number of amides is 1. The van der Waals surface area contributed by atoms with Crippen LogP contribution in [-0.4, -0.2) is 38.8 Å². The van der Waals surface area contributed by atoms with Crippen LogP contribution in [0.5, 0.6) is 0 Å². The molecule has 1 aliphatic heterocycles. The maximum absolute atomic E-state index is 12.0. The van der Waals surface area contributed by atoms with Crippen molar-refractivity contribution in [3.63, 3.8) is 0 Å². The van der Waals surface area contributed by atoms with Gasteiger partial charge in [-0.05, 0) is 44.2 Å². The van der Waals surface area contributed by atoms with Gasteiger partial charge in [-0.25, -0.2) is 0 Å². The van der Waals surface area contributed by atoms with E-state index in [1.54, 1.807) is 0 Å². The van der Waals surface area contributed by atoms with Gasteiger partial charge in [-0.2, -0.15) is 0 Å². The van der Waals surface area contributed by atoms with Crippen molar-refractivity contribution in [1.82, 2.24) is 10.6 Å². The summed E-state index contributed by atoms with van der Waals surface area (Å²) in [5, 5.41) is 6.37. The summed E-state index contributed by atoms with van der Waals surface area (Å²) < 4.78 is 5.44. The fourth-order valence-electron chi connectivity index (χ4n) is 2.91. The SMILES string of the molecule is CCCCOCCNC(=O)C1CC12CCNCC2.Cl. The minimum absolute atomic E-state index is 0. The van der Waals surface area contributed by atoms with Gasteiger partial charge in [0.15, 0.2) is 0 Å². The fraction of sp³-hybridized carbons (Fsp3) is 0.929. The second kappa shape index (κ2) is 8.08. The average Bonchev–Trinajstić information content (AvgIpc) is 3.08. The van der Waals surface area contributed by atoms with E-state index in [0.29, 0.717) is 18.6 Å². The molecule has 5 heteroatoms. The fourth-order valence-corrected chi connectivity index (χ4v) is 2.91. The molecular weight excluding hydrogens is 264 g/mol. The van der Waals surface area contributed by atoms with E-state index >= 15 is 0 Å². The van der Waals surface area contributed by atoms with Crippen LogP contribution in [0.15, 0.2) is 0 Å². The number of halogens is 1. The summed E-state index contributed by atoms with van der Waals surface area (Å²) in [5.41, 5.74) is 0.346. The third kappa shape index (κ3) is 4.62. The molecule has 0 aromatic carbocycles. The number of carbonyl (C=O) groups is 1. The van der Waals surface area contributed by atoms with Crippen LogP contribution >= 0.6 is 12.4 Å². The first-order chi connectivity index (χ1) is 8.78. The molecule has 19 heavy (non-hydrogen) atoms. The number of piperidine rings is 1. The van der Waals surface area contributed by atoms with Crippen LogP contribution in [0.25, 0.3) is 0 Å². The summed E-state index contributed by atoms with van der Waals surface area (Å²) in [6.07, 6.45) is 5.69. The van der Waals surface area contributed by atoms with Crippen molar-refractivity contribution in [3.8, 4) is 0 Å². The first-order valence-corrected chi connectivity index (χ1v) is 7.35. The summed E-state index contributed by atoms with van der Waals surface area (Å²) >= 11 is 0. The van der Waals surface area contributed by atoms with E-state index < -0.39 is 0 Å². The van der Waals surface area contributed by atoms with Gasteiger partial charge in [0, 0.05) is 19.1 Å². The van der Waals surface area contributed by atoms with Crippen molar-refractivity contribution >= 4 is 18.3 Å². The Morgan fingerprint density at radius 3 is 2.79 bits per heavy atom. The first kappa shape index (κ1) is 16.7. The molecule has 0 bridgehead atoms. The molecule has 4 nitrogen and oxygen atoms in total. The number of nitrogens with one attached hydrogen (secondary N) is 2. The van der Waals surface area contributed by atoms with Crippen molar-refractivity contribution < 1.29 is 9.53 Å². The molecule has 1 spiro atoms. The minimum atomic E-state index is 0. The number of hydrogen-bond acceptors (Lipinski definition) is 3. The van der Waals surface area contributed by atoms with Gasteiger partial charge in [-0.1, -0.05) is 13.3 Å². The van der Waals surface area contributed by atoms with Crippen LogP contribution < -0.4 is 10.6 Å². The van der Waals surface area contributed by atoms with Gasteiger partial charge < -0.3 is 15.4 Å². The number of unbranched alkanes of at least 4 members (excludes halogenated alkanes) is 1. The Labute approximate surface area is 122 Å². The molecule has 1 amide bonds. The van der Waals surface area contributed by atoms with Crippen LogP contribution in [0.4, 0.5) is 0 Å². The number of ether oxygens (including phenoxy) is 1. The molecule has 112 valence electrons. The molecule has 1 aliphatic carbocycles. The van der Waals surface area contributed by atoms with Gasteiger partial charge in [-0.3, -0.25) is 4.79 Å². The van der Waals surface area contributed by atoms with E-state index in [2.05, 4.69) is 17.6 Å². The zero-order valence-corrected chi connectivity index (χ0v) is 12.7. The van der Waals surface area contributed by atoms with Crippen molar-refractivity contribution in [2.45, 2.75) is 39.0 Å². The van der Waals surface area contributed by atoms with Crippen molar-refractivity contribution in [1.29, 1.82) is 0 Å². The topological polar surface area (TPSA) is 50.4 Å². The smallest absolute Gasteiger partial charge is 0.223 e. The van der Waals surface area contributed by atoms with E-state index in [0.717, 1.165) is 51.8 Å². The normalized spacial score (nSPS) is 23.7. The largest absolute Gasteiger partial charge is 0.380 e. The number of hydrogen-bond donors (Lipinski definition) is 2. The average molecular weight is 291 g/mol. The van der Waals surface area contributed by atoms with Gasteiger partial charge >= 0.3 is 0 Å². The first-order valence-electron chi connectivity index (χ1n) is 7.35. The lowest BCUT2D eigenvalue weighted by molar-refractivity contribution is -0.123. The highest BCUT2D eigenvalue weighted by Crippen LogP contribution is 2.58. The van der Waals surface area contributed by atoms with E-state index in [1.807, 2.05) is 0 Å². The van der Waals surface area contributed by atoms with Crippen LogP contribution in [0, 0.1) is 11.3 Å². The molecule has 0 aromatic heterocycles. The Bertz CT molecular complexity index is 281. The Hall–Kier alpha value is -0.320. The third-order valence-electron chi connectivity index (χ3n) is 4.29. The Balaban J connectivity index is 0.00000180. The minimum Gasteiger partial charge on any atom is -0.380 e. The maximum atomic E-state index is 12.0. The monoisotopic (exact) mass is 290 g/mol. The molecule has 1 atom stereocenters. The van der Waals surface area contributed by atoms with Crippen LogP contribution in [-0.2, 0) is 9.53 Å². The molecule has 1 saturated heterocycles. The zero-order chi connectivity index (χ0) is 12.8. The summed E-state index contributed by atoms with van der Waals surface area (Å²) in [4.78, 5) is 12.0. The molecule has 2 aliphatic rings. The predicted molar refractivity (Wildman–Crippen MR) is 78.6 cm³/mol. The summed E-state index contributed by atoms with van der Waals surface area (Å²) in [6.45, 7) is 6.41. The van der Waals surface area contributed by atoms with E-state index in [1.165, 1.54) is 0 Å². The van der Waals surface area contributed by atoms with Crippen molar-refractivity contribution in [2.75, 3.05) is 32.8 Å². The van der Waals surface area contributed by atoms with Gasteiger partial charge in [0.05, 0.1) is 6.61 Å². The summed E-state index contributed by atoms with van der Waals surface area (Å²) in [7, 11) is 0. The highest BCUT2D eigenvalue weighted by atomic mass is 35.5. The molecule has 1 heterocycles. The zero-order valence-electron chi connectivity index (χ0n) is 11.9.